The van der Waals surface area contributed by atoms with Gasteiger partial charge in [-0.2, -0.15) is 0 Å². The van der Waals surface area contributed by atoms with Gasteiger partial charge in [0.15, 0.2) is 0 Å². The Labute approximate surface area is 124 Å². The first-order valence-corrected chi connectivity index (χ1v) is 7.05. The minimum Gasteiger partial charge on any atom is -0.352 e. The van der Waals surface area contributed by atoms with Crippen molar-refractivity contribution in [2.45, 2.75) is 13.0 Å². The molecule has 1 aromatic heterocycles. The van der Waals surface area contributed by atoms with E-state index in [0.29, 0.717) is 6.54 Å². The Kier molecular flexibility index (Phi) is 3.40. The molecule has 1 aromatic carbocycles. The summed E-state index contributed by atoms with van der Waals surface area (Å²) >= 11 is 3.36. The Hall–Kier alpha value is -1.95. The lowest BCUT2D eigenvalue weighted by Crippen LogP contribution is -2.30. The summed E-state index contributed by atoms with van der Waals surface area (Å²) in [5.74, 6) is 0.894. The molecule has 5 nitrogen and oxygen atoms in total. The fourth-order valence-corrected chi connectivity index (χ4v) is 2.64. The zero-order chi connectivity index (χ0) is 14.1. The second-order valence-electron chi connectivity index (χ2n) is 4.72. The SMILES string of the molecule is O=[N+]([O-])c1ccc2c(c1)CN(c1ccc(Br)cn1)CC2. The minimum atomic E-state index is -0.350. The molecule has 2 heterocycles. The van der Waals surface area contributed by atoms with Crippen molar-refractivity contribution in [2.75, 3.05) is 11.4 Å². The monoisotopic (exact) mass is 333 g/mol. The van der Waals surface area contributed by atoms with Crippen molar-refractivity contribution < 1.29 is 4.92 Å². The van der Waals surface area contributed by atoms with Crippen LogP contribution in [0.5, 0.6) is 0 Å². The van der Waals surface area contributed by atoms with Crippen LogP contribution in [0.2, 0.25) is 0 Å². The third-order valence-electron chi connectivity index (χ3n) is 3.45. The first kappa shape index (κ1) is 13.1. The number of benzene rings is 1. The summed E-state index contributed by atoms with van der Waals surface area (Å²) in [6.45, 7) is 1.53. The van der Waals surface area contributed by atoms with Crippen LogP contribution < -0.4 is 4.90 Å². The highest BCUT2D eigenvalue weighted by molar-refractivity contribution is 9.10. The number of aromatic nitrogens is 1. The molecular weight excluding hydrogens is 322 g/mol. The Morgan fingerprint density at radius 2 is 2.10 bits per heavy atom. The number of non-ortho nitro benzene ring substituents is 1. The molecule has 0 aliphatic carbocycles. The maximum atomic E-state index is 10.9. The van der Waals surface area contributed by atoms with E-state index in [9.17, 15) is 10.1 Å². The van der Waals surface area contributed by atoms with Gasteiger partial charge in [0, 0.05) is 35.9 Å². The second-order valence-corrected chi connectivity index (χ2v) is 5.63. The number of hydrogen-bond donors (Lipinski definition) is 0. The molecule has 0 unspecified atom stereocenters. The summed E-state index contributed by atoms with van der Waals surface area (Å²) in [7, 11) is 0. The molecule has 0 saturated heterocycles. The van der Waals surface area contributed by atoms with E-state index in [1.807, 2.05) is 18.2 Å². The summed E-state index contributed by atoms with van der Waals surface area (Å²) in [5.41, 5.74) is 2.34. The highest BCUT2D eigenvalue weighted by Gasteiger charge is 2.19. The molecule has 0 atom stereocenters. The fraction of sp³-hybridized carbons (Fsp3) is 0.214. The number of pyridine rings is 1. The average Bonchev–Trinajstić information content (AvgIpc) is 2.47. The lowest BCUT2D eigenvalue weighted by atomic mass is 9.99. The molecule has 0 fully saturated rings. The molecule has 6 heteroatoms. The zero-order valence-corrected chi connectivity index (χ0v) is 12.2. The Morgan fingerprint density at radius 1 is 1.25 bits per heavy atom. The van der Waals surface area contributed by atoms with Crippen molar-refractivity contribution >= 4 is 27.4 Å². The Bertz CT molecular complexity index is 658. The quantitative estimate of drug-likeness (QED) is 0.624. The number of rotatable bonds is 2. The third kappa shape index (κ3) is 2.51. The van der Waals surface area contributed by atoms with Gasteiger partial charge in [0.05, 0.1) is 4.92 Å². The van der Waals surface area contributed by atoms with Crippen molar-refractivity contribution in [2.24, 2.45) is 0 Å². The Morgan fingerprint density at radius 3 is 2.80 bits per heavy atom. The number of halogens is 1. The fourth-order valence-electron chi connectivity index (χ4n) is 2.41. The summed E-state index contributed by atoms with van der Waals surface area (Å²) in [6.07, 6.45) is 2.64. The van der Waals surface area contributed by atoms with Crippen LogP contribution >= 0.6 is 15.9 Å². The molecule has 20 heavy (non-hydrogen) atoms. The minimum absolute atomic E-state index is 0.148. The van der Waals surface area contributed by atoms with Crippen LogP contribution in [0.3, 0.4) is 0 Å². The second kappa shape index (κ2) is 5.20. The summed E-state index contributed by atoms with van der Waals surface area (Å²) in [5, 5.41) is 10.9. The predicted molar refractivity (Wildman–Crippen MR) is 79.8 cm³/mol. The van der Waals surface area contributed by atoms with Crippen molar-refractivity contribution in [1.82, 2.24) is 4.98 Å². The standard InChI is InChI=1S/C14H12BrN3O2/c15-12-2-4-14(16-8-12)17-6-5-10-1-3-13(18(19)20)7-11(10)9-17/h1-4,7-8H,5-6,9H2. The third-order valence-corrected chi connectivity index (χ3v) is 3.92. The maximum absolute atomic E-state index is 10.9. The highest BCUT2D eigenvalue weighted by Crippen LogP contribution is 2.26. The molecule has 0 radical (unpaired) electrons. The molecule has 3 rings (SSSR count). The zero-order valence-electron chi connectivity index (χ0n) is 10.6. The maximum Gasteiger partial charge on any atom is 0.269 e. The Balaban J connectivity index is 1.88. The number of nitrogens with zero attached hydrogens (tertiary/aromatic N) is 3. The van der Waals surface area contributed by atoms with Crippen LogP contribution in [-0.4, -0.2) is 16.5 Å². The van der Waals surface area contributed by atoms with E-state index in [1.165, 1.54) is 5.56 Å². The summed E-state index contributed by atoms with van der Waals surface area (Å²) in [6, 6.07) is 9.00. The van der Waals surface area contributed by atoms with Gasteiger partial charge < -0.3 is 4.90 Å². The van der Waals surface area contributed by atoms with Crippen molar-refractivity contribution in [3.05, 3.63) is 62.2 Å². The van der Waals surface area contributed by atoms with Gasteiger partial charge >= 0.3 is 0 Å². The lowest BCUT2D eigenvalue weighted by Gasteiger charge is -2.29. The number of nitro benzene ring substituents is 1. The van der Waals surface area contributed by atoms with Crippen molar-refractivity contribution in [1.29, 1.82) is 0 Å². The molecular formula is C14H12BrN3O2. The summed E-state index contributed by atoms with van der Waals surface area (Å²) < 4.78 is 0.939. The molecule has 0 amide bonds. The molecule has 102 valence electrons. The number of hydrogen-bond acceptors (Lipinski definition) is 4. The molecule has 0 spiro atoms. The van der Waals surface area contributed by atoms with Crippen LogP contribution in [0.15, 0.2) is 41.0 Å². The molecule has 2 aromatic rings. The molecule has 1 aliphatic heterocycles. The number of nitro groups is 1. The predicted octanol–water partition coefficient (Wildman–Crippen LogP) is 3.32. The van der Waals surface area contributed by atoms with E-state index in [1.54, 1.807) is 18.3 Å². The van der Waals surface area contributed by atoms with E-state index < -0.39 is 0 Å². The molecule has 1 aliphatic rings. The van der Waals surface area contributed by atoms with Crippen LogP contribution in [-0.2, 0) is 13.0 Å². The topological polar surface area (TPSA) is 59.3 Å². The van der Waals surface area contributed by atoms with Crippen LogP contribution in [0.4, 0.5) is 11.5 Å². The largest absolute Gasteiger partial charge is 0.352 e. The van der Waals surface area contributed by atoms with Gasteiger partial charge in [-0.25, -0.2) is 4.98 Å². The average molecular weight is 334 g/mol. The highest BCUT2D eigenvalue weighted by atomic mass is 79.9. The molecule has 0 saturated carbocycles. The van der Waals surface area contributed by atoms with Crippen molar-refractivity contribution in [3.63, 3.8) is 0 Å². The van der Waals surface area contributed by atoms with E-state index in [0.717, 1.165) is 28.8 Å². The van der Waals surface area contributed by atoms with Gasteiger partial charge in [-0.05, 0) is 45.6 Å². The first-order chi connectivity index (χ1) is 9.63. The lowest BCUT2D eigenvalue weighted by molar-refractivity contribution is -0.384. The van der Waals surface area contributed by atoms with Crippen molar-refractivity contribution in [3.8, 4) is 0 Å². The van der Waals surface area contributed by atoms with E-state index in [-0.39, 0.29) is 10.6 Å². The van der Waals surface area contributed by atoms with Gasteiger partial charge in [-0.1, -0.05) is 6.07 Å². The van der Waals surface area contributed by atoms with E-state index in [4.69, 9.17) is 0 Å². The first-order valence-electron chi connectivity index (χ1n) is 6.26. The number of fused-ring (bicyclic) bond motifs is 1. The van der Waals surface area contributed by atoms with Gasteiger partial charge in [-0.15, -0.1) is 0 Å². The van der Waals surface area contributed by atoms with E-state index in [2.05, 4.69) is 25.8 Å². The van der Waals surface area contributed by atoms with Crippen LogP contribution in [0, 0.1) is 10.1 Å². The van der Waals surface area contributed by atoms with Gasteiger partial charge in [0.25, 0.3) is 5.69 Å². The van der Waals surface area contributed by atoms with Gasteiger partial charge in [-0.3, -0.25) is 10.1 Å². The number of anilines is 1. The normalized spacial score (nSPS) is 13.9. The van der Waals surface area contributed by atoms with E-state index >= 15 is 0 Å². The molecule has 0 bridgehead atoms. The summed E-state index contributed by atoms with van der Waals surface area (Å²) in [4.78, 5) is 17.0. The van der Waals surface area contributed by atoms with Crippen LogP contribution in [0.1, 0.15) is 11.1 Å². The molecule has 0 N–H and O–H groups in total. The smallest absolute Gasteiger partial charge is 0.269 e. The van der Waals surface area contributed by atoms with Gasteiger partial charge in [0.2, 0.25) is 0 Å². The van der Waals surface area contributed by atoms with Gasteiger partial charge in [0.1, 0.15) is 5.82 Å². The van der Waals surface area contributed by atoms with Crippen LogP contribution in [0.25, 0.3) is 0 Å².